The van der Waals surface area contributed by atoms with Crippen LogP contribution in [0.4, 0.5) is 0 Å². The maximum Gasteiger partial charge on any atom is 0.338 e. The molecule has 2 heterocycles. The number of pyridine rings is 1. The molecule has 7 nitrogen and oxygen atoms in total. The summed E-state index contributed by atoms with van der Waals surface area (Å²) in [6.07, 6.45) is 3.17. The third-order valence-electron chi connectivity index (χ3n) is 6.34. The maximum absolute atomic E-state index is 12.6. The number of hydrogen-bond acceptors (Lipinski definition) is 6. The molecule has 1 amide bonds. The highest BCUT2D eigenvalue weighted by molar-refractivity contribution is 6.30. The predicted octanol–water partition coefficient (Wildman–Crippen LogP) is 5.42. The zero-order valence-electron chi connectivity index (χ0n) is 20.1. The van der Waals surface area contributed by atoms with Crippen molar-refractivity contribution in [3.05, 3.63) is 64.8 Å². The van der Waals surface area contributed by atoms with E-state index in [1.54, 1.807) is 37.4 Å². The first-order chi connectivity index (χ1) is 16.9. The van der Waals surface area contributed by atoms with Gasteiger partial charge in [0.1, 0.15) is 23.3 Å². The van der Waals surface area contributed by atoms with Crippen molar-refractivity contribution in [1.29, 1.82) is 0 Å². The SMILES string of the molecule is COc1ccc2cc(COC(=O)c3ccc(OCC(=O)N4[C@@H](C)CCC[C@@H]4C)cc3)c(Cl)nc2c1. The molecular weight excluding hydrogens is 468 g/mol. The molecule has 0 radical (unpaired) electrons. The average molecular weight is 497 g/mol. The summed E-state index contributed by atoms with van der Waals surface area (Å²) in [4.78, 5) is 31.4. The number of carbonyl (C=O) groups excluding carboxylic acids is 2. The zero-order valence-corrected chi connectivity index (χ0v) is 20.9. The van der Waals surface area contributed by atoms with E-state index in [0.29, 0.717) is 28.1 Å². The van der Waals surface area contributed by atoms with Crippen molar-refractivity contribution >= 4 is 34.4 Å². The topological polar surface area (TPSA) is 78.0 Å². The first kappa shape index (κ1) is 24.8. The van der Waals surface area contributed by atoms with Crippen LogP contribution in [0.15, 0.2) is 48.5 Å². The number of ether oxygens (including phenoxy) is 3. The number of methoxy groups -OCH3 is 1. The summed E-state index contributed by atoms with van der Waals surface area (Å²) in [5, 5.41) is 1.13. The van der Waals surface area contributed by atoms with E-state index < -0.39 is 5.97 Å². The van der Waals surface area contributed by atoms with Crippen molar-refractivity contribution in [2.24, 2.45) is 0 Å². The Hall–Kier alpha value is -3.32. The van der Waals surface area contributed by atoms with Crippen molar-refractivity contribution < 1.29 is 23.8 Å². The third-order valence-corrected chi connectivity index (χ3v) is 6.67. The third kappa shape index (κ3) is 5.85. The van der Waals surface area contributed by atoms with Gasteiger partial charge in [0.15, 0.2) is 6.61 Å². The van der Waals surface area contributed by atoms with Crippen LogP contribution in [0.1, 0.15) is 49.0 Å². The number of nitrogens with zero attached hydrogens (tertiary/aromatic N) is 2. The molecular formula is C27H29ClN2O5. The molecule has 1 aromatic heterocycles. The number of benzene rings is 2. The van der Waals surface area contributed by atoms with Gasteiger partial charge in [0.05, 0.1) is 18.2 Å². The van der Waals surface area contributed by atoms with Crippen LogP contribution >= 0.6 is 11.6 Å². The van der Waals surface area contributed by atoms with Crippen LogP contribution < -0.4 is 9.47 Å². The minimum atomic E-state index is -0.491. The number of fused-ring (bicyclic) bond motifs is 1. The van der Waals surface area contributed by atoms with Gasteiger partial charge in [0.25, 0.3) is 5.91 Å². The quantitative estimate of drug-likeness (QED) is 0.321. The number of piperidine rings is 1. The molecule has 0 N–H and O–H groups in total. The van der Waals surface area contributed by atoms with E-state index in [1.165, 1.54) is 0 Å². The summed E-state index contributed by atoms with van der Waals surface area (Å²) < 4.78 is 16.3. The van der Waals surface area contributed by atoms with Crippen molar-refractivity contribution in [3.63, 3.8) is 0 Å². The molecule has 4 rings (SSSR count). The fourth-order valence-electron chi connectivity index (χ4n) is 4.44. The van der Waals surface area contributed by atoms with Gasteiger partial charge in [-0.15, -0.1) is 0 Å². The minimum Gasteiger partial charge on any atom is -0.497 e. The van der Waals surface area contributed by atoms with Gasteiger partial charge in [0.2, 0.25) is 0 Å². The van der Waals surface area contributed by atoms with Gasteiger partial charge in [-0.25, -0.2) is 9.78 Å². The van der Waals surface area contributed by atoms with Crippen molar-refractivity contribution in [2.45, 2.75) is 51.8 Å². The van der Waals surface area contributed by atoms with E-state index in [2.05, 4.69) is 18.8 Å². The molecule has 1 aliphatic heterocycles. The Kier molecular flexibility index (Phi) is 7.76. The molecule has 1 fully saturated rings. The summed E-state index contributed by atoms with van der Waals surface area (Å²) in [7, 11) is 1.59. The Labute approximate surface area is 209 Å². The summed E-state index contributed by atoms with van der Waals surface area (Å²) in [6.45, 7) is 4.11. The highest BCUT2D eigenvalue weighted by Gasteiger charge is 2.29. The highest BCUT2D eigenvalue weighted by Crippen LogP contribution is 2.25. The second-order valence-electron chi connectivity index (χ2n) is 8.82. The second-order valence-corrected chi connectivity index (χ2v) is 9.17. The summed E-state index contributed by atoms with van der Waals surface area (Å²) in [5.74, 6) is 0.694. The first-order valence-electron chi connectivity index (χ1n) is 11.7. The lowest BCUT2D eigenvalue weighted by atomic mass is 9.97. The summed E-state index contributed by atoms with van der Waals surface area (Å²) >= 11 is 6.29. The highest BCUT2D eigenvalue weighted by atomic mass is 35.5. The lowest BCUT2D eigenvalue weighted by molar-refractivity contribution is -0.139. The summed E-state index contributed by atoms with van der Waals surface area (Å²) in [6, 6.07) is 14.3. The van der Waals surface area contributed by atoms with Gasteiger partial charge in [-0.1, -0.05) is 11.6 Å². The largest absolute Gasteiger partial charge is 0.497 e. The van der Waals surface area contributed by atoms with Crippen LogP contribution in [0.5, 0.6) is 11.5 Å². The van der Waals surface area contributed by atoms with Crippen LogP contribution in [0.2, 0.25) is 5.15 Å². The Morgan fingerprint density at radius 2 is 1.71 bits per heavy atom. The van der Waals surface area contributed by atoms with E-state index in [1.807, 2.05) is 23.1 Å². The van der Waals surface area contributed by atoms with Gasteiger partial charge in [-0.2, -0.15) is 0 Å². The second kappa shape index (κ2) is 11.0. The van der Waals surface area contributed by atoms with Gasteiger partial charge < -0.3 is 19.1 Å². The van der Waals surface area contributed by atoms with Crippen LogP contribution in [-0.2, 0) is 16.1 Å². The molecule has 3 aromatic rings. The Balaban J connectivity index is 1.33. The number of esters is 1. The Morgan fingerprint density at radius 3 is 2.40 bits per heavy atom. The number of rotatable bonds is 7. The van der Waals surface area contributed by atoms with Crippen LogP contribution in [0.25, 0.3) is 10.9 Å². The number of carbonyl (C=O) groups is 2. The van der Waals surface area contributed by atoms with E-state index in [9.17, 15) is 9.59 Å². The van der Waals surface area contributed by atoms with Gasteiger partial charge in [0, 0.05) is 29.1 Å². The lowest BCUT2D eigenvalue weighted by Crippen LogP contribution is -2.49. The molecule has 1 saturated heterocycles. The van der Waals surface area contributed by atoms with Gasteiger partial charge in [-0.3, -0.25) is 4.79 Å². The number of amides is 1. The van der Waals surface area contributed by atoms with E-state index in [4.69, 9.17) is 25.8 Å². The fourth-order valence-corrected chi connectivity index (χ4v) is 4.64. The van der Waals surface area contributed by atoms with Crippen LogP contribution in [0.3, 0.4) is 0 Å². The Morgan fingerprint density at radius 1 is 1.03 bits per heavy atom. The molecule has 8 heteroatoms. The van der Waals surface area contributed by atoms with E-state index in [-0.39, 0.29) is 36.4 Å². The lowest BCUT2D eigenvalue weighted by Gasteiger charge is -2.38. The van der Waals surface area contributed by atoms with Gasteiger partial charge in [-0.05, 0) is 75.6 Å². The molecule has 0 bridgehead atoms. The molecule has 0 unspecified atom stereocenters. The Bertz CT molecular complexity index is 1200. The van der Waals surface area contributed by atoms with Crippen molar-refractivity contribution in [3.8, 4) is 11.5 Å². The van der Waals surface area contributed by atoms with Crippen LogP contribution in [0, 0.1) is 0 Å². The number of aromatic nitrogens is 1. The van der Waals surface area contributed by atoms with Crippen molar-refractivity contribution in [1.82, 2.24) is 9.88 Å². The fraction of sp³-hybridized carbons (Fsp3) is 0.370. The minimum absolute atomic E-state index is 0.00834. The number of hydrogen-bond donors (Lipinski definition) is 0. The predicted molar refractivity (Wildman–Crippen MR) is 134 cm³/mol. The van der Waals surface area contributed by atoms with Gasteiger partial charge >= 0.3 is 5.97 Å². The zero-order chi connectivity index (χ0) is 24.9. The smallest absolute Gasteiger partial charge is 0.338 e. The molecule has 184 valence electrons. The number of likely N-dealkylation sites (tertiary alicyclic amines) is 1. The molecule has 35 heavy (non-hydrogen) atoms. The average Bonchev–Trinajstić information content (AvgIpc) is 2.86. The molecule has 1 aliphatic rings. The normalized spacial score (nSPS) is 17.8. The van der Waals surface area contributed by atoms with Crippen LogP contribution in [-0.4, -0.2) is 47.6 Å². The molecule has 0 saturated carbocycles. The molecule has 2 aromatic carbocycles. The molecule has 0 spiro atoms. The molecule has 0 aliphatic carbocycles. The first-order valence-corrected chi connectivity index (χ1v) is 12.1. The number of halogens is 1. The monoisotopic (exact) mass is 496 g/mol. The van der Waals surface area contributed by atoms with E-state index >= 15 is 0 Å². The maximum atomic E-state index is 12.6. The standard InChI is InChI=1S/C27H29ClN2O5/c1-17-5-4-6-18(2)30(17)25(31)16-34-22-10-7-19(8-11-22)27(32)35-15-21-13-20-9-12-23(33-3)14-24(20)29-26(21)28/h7-14,17-18H,4-6,15-16H2,1-3H3/t17-,18-/m0/s1. The molecule has 2 atom stereocenters. The summed E-state index contributed by atoms with van der Waals surface area (Å²) in [5.41, 5.74) is 1.68. The van der Waals surface area contributed by atoms with E-state index in [0.717, 1.165) is 24.6 Å². The van der Waals surface area contributed by atoms with Crippen molar-refractivity contribution in [2.75, 3.05) is 13.7 Å².